The second kappa shape index (κ2) is 3.83. The van der Waals surface area contributed by atoms with Crippen LogP contribution >= 0.6 is 0 Å². The molecule has 14 heavy (non-hydrogen) atoms. The second-order valence-electron chi connectivity index (χ2n) is 2.80. The SMILES string of the molecule is Nc1ccnc(OCc2ccco2)c1. The second-order valence-corrected chi connectivity index (χ2v) is 2.80. The van der Waals surface area contributed by atoms with Gasteiger partial charge in [0.25, 0.3) is 0 Å². The molecule has 0 saturated heterocycles. The fourth-order valence-electron chi connectivity index (χ4n) is 1.04. The number of pyridine rings is 1. The maximum Gasteiger partial charge on any atom is 0.215 e. The summed E-state index contributed by atoms with van der Waals surface area (Å²) in [5.74, 6) is 1.26. The zero-order valence-corrected chi connectivity index (χ0v) is 7.51. The standard InChI is InChI=1S/C10H10N2O2/c11-8-3-4-12-10(6-8)14-7-9-2-1-5-13-9/h1-6H,7H2,(H2,11,12). The predicted octanol–water partition coefficient (Wildman–Crippen LogP) is 1.84. The third-order valence-corrected chi connectivity index (χ3v) is 1.70. The third kappa shape index (κ3) is 2.04. The van der Waals surface area contributed by atoms with Gasteiger partial charge in [0.05, 0.1) is 6.26 Å². The van der Waals surface area contributed by atoms with Crippen molar-refractivity contribution in [3.05, 3.63) is 42.5 Å². The maximum atomic E-state index is 5.56. The molecule has 0 saturated carbocycles. The summed E-state index contributed by atoms with van der Waals surface area (Å²) in [6.07, 6.45) is 3.21. The van der Waals surface area contributed by atoms with Gasteiger partial charge in [-0.15, -0.1) is 0 Å². The quantitative estimate of drug-likeness (QED) is 0.802. The van der Waals surface area contributed by atoms with E-state index in [9.17, 15) is 0 Å². The first-order valence-electron chi connectivity index (χ1n) is 4.21. The Kier molecular flexibility index (Phi) is 2.36. The number of nitrogens with two attached hydrogens (primary N) is 1. The predicted molar refractivity (Wildman–Crippen MR) is 51.7 cm³/mol. The van der Waals surface area contributed by atoms with Gasteiger partial charge in [-0.2, -0.15) is 0 Å². The van der Waals surface area contributed by atoms with Crippen molar-refractivity contribution in [3.63, 3.8) is 0 Å². The lowest BCUT2D eigenvalue weighted by Crippen LogP contribution is -1.96. The Hall–Kier alpha value is -1.97. The molecule has 2 rings (SSSR count). The van der Waals surface area contributed by atoms with Crippen LogP contribution in [0.1, 0.15) is 5.76 Å². The van der Waals surface area contributed by atoms with E-state index in [1.54, 1.807) is 24.6 Å². The first-order chi connectivity index (χ1) is 6.84. The molecular weight excluding hydrogens is 180 g/mol. The van der Waals surface area contributed by atoms with Crippen LogP contribution < -0.4 is 10.5 Å². The van der Waals surface area contributed by atoms with E-state index in [1.165, 1.54) is 0 Å². The van der Waals surface area contributed by atoms with Gasteiger partial charge in [0, 0.05) is 18.0 Å². The molecule has 0 fully saturated rings. The lowest BCUT2D eigenvalue weighted by atomic mass is 10.4. The molecule has 4 nitrogen and oxygen atoms in total. The van der Waals surface area contributed by atoms with E-state index in [4.69, 9.17) is 14.9 Å². The first-order valence-corrected chi connectivity index (χ1v) is 4.21. The molecule has 0 unspecified atom stereocenters. The Morgan fingerprint density at radius 1 is 1.43 bits per heavy atom. The fraction of sp³-hybridized carbons (Fsp3) is 0.100. The molecule has 2 aromatic heterocycles. The smallest absolute Gasteiger partial charge is 0.215 e. The van der Waals surface area contributed by atoms with Gasteiger partial charge in [-0.1, -0.05) is 0 Å². The number of anilines is 1. The van der Waals surface area contributed by atoms with Gasteiger partial charge in [-0.25, -0.2) is 4.98 Å². The van der Waals surface area contributed by atoms with Crippen LogP contribution in [0.15, 0.2) is 41.1 Å². The molecule has 72 valence electrons. The minimum absolute atomic E-state index is 0.365. The van der Waals surface area contributed by atoms with Crippen molar-refractivity contribution >= 4 is 5.69 Å². The van der Waals surface area contributed by atoms with Gasteiger partial charge in [-0.05, 0) is 18.2 Å². The molecule has 0 aromatic carbocycles. The molecule has 2 N–H and O–H groups in total. The molecule has 0 aliphatic heterocycles. The zero-order chi connectivity index (χ0) is 9.80. The number of rotatable bonds is 3. The summed E-state index contributed by atoms with van der Waals surface area (Å²) in [5, 5.41) is 0. The van der Waals surface area contributed by atoms with Crippen LogP contribution in [-0.2, 0) is 6.61 Å². The maximum absolute atomic E-state index is 5.56. The lowest BCUT2D eigenvalue weighted by molar-refractivity contribution is 0.261. The largest absolute Gasteiger partial charge is 0.469 e. The van der Waals surface area contributed by atoms with Crippen LogP contribution in [0.4, 0.5) is 5.69 Å². The van der Waals surface area contributed by atoms with Crippen molar-refractivity contribution < 1.29 is 9.15 Å². The summed E-state index contributed by atoms with van der Waals surface area (Å²) in [7, 11) is 0. The number of hydrogen-bond donors (Lipinski definition) is 1. The van der Waals surface area contributed by atoms with Gasteiger partial charge in [0.15, 0.2) is 0 Å². The number of hydrogen-bond acceptors (Lipinski definition) is 4. The van der Waals surface area contributed by atoms with Crippen molar-refractivity contribution in [3.8, 4) is 5.88 Å². The van der Waals surface area contributed by atoms with E-state index in [-0.39, 0.29) is 0 Å². The Morgan fingerprint density at radius 2 is 2.36 bits per heavy atom. The van der Waals surface area contributed by atoms with Crippen LogP contribution in [0.2, 0.25) is 0 Å². The molecule has 0 bridgehead atoms. The minimum Gasteiger partial charge on any atom is -0.469 e. The number of nitrogen functional groups attached to an aromatic ring is 1. The number of furan rings is 1. The van der Waals surface area contributed by atoms with Crippen molar-refractivity contribution in [1.82, 2.24) is 4.98 Å². The molecule has 0 aliphatic rings. The fourth-order valence-corrected chi connectivity index (χ4v) is 1.04. The van der Waals surface area contributed by atoms with Gasteiger partial charge < -0.3 is 14.9 Å². The van der Waals surface area contributed by atoms with Crippen molar-refractivity contribution in [2.24, 2.45) is 0 Å². The summed E-state index contributed by atoms with van der Waals surface area (Å²) >= 11 is 0. The number of nitrogens with zero attached hydrogens (tertiary/aromatic N) is 1. The van der Waals surface area contributed by atoms with Crippen LogP contribution in [0.3, 0.4) is 0 Å². The zero-order valence-electron chi connectivity index (χ0n) is 7.51. The van der Waals surface area contributed by atoms with E-state index in [0.717, 1.165) is 5.76 Å². The van der Waals surface area contributed by atoms with Crippen molar-refractivity contribution in [2.45, 2.75) is 6.61 Å². The van der Waals surface area contributed by atoms with Gasteiger partial charge in [0.2, 0.25) is 5.88 Å². The van der Waals surface area contributed by atoms with Crippen molar-refractivity contribution in [2.75, 3.05) is 5.73 Å². The van der Waals surface area contributed by atoms with Gasteiger partial charge in [-0.3, -0.25) is 0 Å². The lowest BCUT2D eigenvalue weighted by Gasteiger charge is -2.02. The highest BCUT2D eigenvalue weighted by molar-refractivity contribution is 5.39. The minimum atomic E-state index is 0.365. The summed E-state index contributed by atoms with van der Waals surface area (Å²) in [6, 6.07) is 7.03. The van der Waals surface area contributed by atoms with Crippen LogP contribution in [0.5, 0.6) is 5.88 Å². The molecule has 0 atom stereocenters. The Morgan fingerprint density at radius 3 is 3.07 bits per heavy atom. The van der Waals surface area contributed by atoms with Crippen LogP contribution in [0, 0.1) is 0 Å². The molecule has 2 aromatic rings. The highest BCUT2D eigenvalue weighted by Gasteiger charge is 1.98. The molecular formula is C10H10N2O2. The van der Waals surface area contributed by atoms with Crippen LogP contribution in [0.25, 0.3) is 0 Å². The van der Waals surface area contributed by atoms with Gasteiger partial charge in [0.1, 0.15) is 12.4 Å². The summed E-state index contributed by atoms with van der Waals surface area (Å²) in [6.45, 7) is 0.365. The average molecular weight is 190 g/mol. The monoisotopic (exact) mass is 190 g/mol. The Balaban J connectivity index is 1.98. The number of ether oxygens (including phenoxy) is 1. The van der Waals surface area contributed by atoms with E-state index in [2.05, 4.69) is 4.98 Å². The highest BCUT2D eigenvalue weighted by atomic mass is 16.5. The van der Waals surface area contributed by atoms with E-state index in [1.807, 2.05) is 12.1 Å². The van der Waals surface area contributed by atoms with E-state index >= 15 is 0 Å². The molecule has 0 spiro atoms. The van der Waals surface area contributed by atoms with Gasteiger partial charge >= 0.3 is 0 Å². The topological polar surface area (TPSA) is 61.3 Å². The normalized spacial score (nSPS) is 10.0. The Bertz CT molecular complexity index is 398. The molecule has 4 heteroatoms. The van der Waals surface area contributed by atoms with E-state index < -0.39 is 0 Å². The molecule has 0 amide bonds. The van der Waals surface area contributed by atoms with E-state index in [0.29, 0.717) is 18.2 Å². The van der Waals surface area contributed by atoms with Crippen LogP contribution in [-0.4, -0.2) is 4.98 Å². The Labute approximate surface area is 81.3 Å². The summed E-state index contributed by atoms with van der Waals surface area (Å²) in [5.41, 5.74) is 6.20. The third-order valence-electron chi connectivity index (χ3n) is 1.70. The molecule has 0 radical (unpaired) electrons. The first kappa shape index (κ1) is 8.62. The summed E-state index contributed by atoms with van der Waals surface area (Å²) in [4.78, 5) is 4.00. The summed E-state index contributed by atoms with van der Waals surface area (Å²) < 4.78 is 10.4. The molecule has 0 aliphatic carbocycles. The van der Waals surface area contributed by atoms with Crippen molar-refractivity contribution in [1.29, 1.82) is 0 Å². The average Bonchev–Trinajstić information content (AvgIpc) is 2.67. The number of aromatic nitrogens is 1. The molecule has 2 heterocycles. The highest BCUT2D eigenvalue weighted by Crippen LogP contribution is 2.12.